The minimum Gasteiger partial charge on any atom is -0.481 e. The molecule has 0 saturated carbocycles. The van der Waals surface area contributed by atoms with E-state index in [-0.39, 0.29) is 22.0 Å². The van der Waals surface area contributed by atoms with Gasteiger partial charge in [0, 0.05) is 10.6 Å². The maximum atomic E-state index is 7.38. The molecule has 2 heterocycles. The van der Waals surface area contributed by atoms with Gasteiger partial charge in [-0.1, -0.05) is 163 Å². The van der Waals surface area contributed by atoms with E-state index < -0.39 is 15.8 Å². The Balaban J connectivity index is 1.18. The highest BCUT2D eigenvalue weighted by Crippen LogP contribution is 2.70. The van der Waals surface area contributed by atoms with Crippen LogP contribution < -0.4 is 20.1 Å². The number of hydrogen-bond donors (Lipinski definition) is 0. The Morgan fingerprint density at radius 2 is 0.704 bits per heavy atom. The molecule has 2 aliphatic heterocycles. The van der Waals surface area contributed by atoms with E-state index in [9.17, 15) is 0 Å². The van der Waals surface area contributed by atoms with Gasteiger partial charge >= 0.3 is 0 Å². The van der Waals surface area contributed by atoms with Crippen LogP contribution in [0.5, 0.6) is 11.5 Å². The first-order chi connectivity index (χ1) is 26.1. The fraction of sp³-hybridized carbons (Fsp3) is 0.200. The van der Waals surface area contributed by atoms with E-state index in [0.717, 1.165) is 11.5 Å². The highest BCUT2D eigenvalue weighted by molar-refractivity contribution is 7.72. The van der Waals surface area contributed by atoms with Crippen LogP contribution in [0.3, 0.4) is 0 Å². The molecule has 2 nitrogen and oxygen atoms in total. The van der Waals surface area contributed by atoms with E-state index >= 15 is 0 Å². The molecule has 4 heteroatoms. The maximum absolute atomic E-state index is 7.38. The zero-order chi connectivity index (χ0) is 36.9. The van der Waals surface area contributed by atoms with Crippen LogP contribution in [0, 0.1) is 0 Å². The lowest BCUT2D eigenvalue weighted by Gasteiger charge is -2.40. The predicted octanol–water partition coefficient (Wildman–Crippen LogP) is 13.6. The summed E-state index contributed by atoms with van der Waals surface area (Å²) in [5.74, 6) is 1.82. The second kappa shape index (κ2) is 12.4. The van der Waals surface area contributed by atoms with Gasteiger partial charge in [0.25, 0.3) is 0 Å². The van der Waals surface area contributed by atoms with E-state index in [0.29, 0.717) is 0 Å². The third-order valence-corrected chi connectivity index (χ3v) is 18.0. The first-order valence-electron chi connectivity index (χ1n) is 19.1. The van der Waals surface area contributed by atoms with Crippen LogP contribution in [0.1, 0.15) is 41.5 Å². The van der Waals surface area contributed by atoms with Gasteiger partial charge in [-0.15, -0.1) is 0 Å². The van der Waals surface area contributed by atoms with Crippen molar-refractivity contribution < 1.29 is 9.47 Å². The van der Waals surface area contributed by atoms with Gasteiger partial charge in [-0.05, 0) is 116 Å². The minimum absolute atomic E-state index is 0.0482. The molecule has 2 aliphatic rings. The average Bonchev–Trinajstić information content (AvgIpc) is 3.76. The smallest absolute Gasteiger partial charge is 0.162 e. The summed E-state index contributed by atoms with van der Waals surface area (Å²) in [5, 5.41) is 12.8. The van der Waals surface area contributed by atoms with Gasteiger partial charge in [0.1, 0.15) is 11.5 Å². The monoisotopic (exact) mass is 738 g/mol. The van der Waals surface area contributed by atoms with Crippen LogP contribution in [0.15, 0.2) is 146 Å². The molecule has 8 aromatic rings. The SMILES string of the molecule is CC(C)(C)[P@]1c2c(cccc2-c2c3ccccc3cc3ccccc23)O[C@@H]1[C@@H]1Oc2cccc(-c3c4ccccc4cc4ccccc34)c2[P@]1C(C)(C)C. The van der Waals surface area contributed by atoms with Gasteiger partial charge in [0.2, 0.25) is 0 Å². The number of rotatable bonds is 3. The van der Waals surface area contributed by atoms with Crippen molar-refractivity contribution in [1.29, 1.82) is 0 Å². The van der Waals surface area contributed by atoms with E-state index in [2.05, 4.69) is 187 Å². The maximum Gasteiger partial charge on any atom is 0.162 e. The summed E-state index contributed by atoms with van der Waals surface area (Å²) in [7, 11) is -1.72. The second-order valence-electron chi connectivity index (χ2n) is 16.8. The first kappa shape index (κ1) is 33.8. The summed E-state index contributed by atoms with van der Waals surface area (Å²) in [6.07, 6.45) is 0. The zero-order valence-electron chi connectivity index (χ0n) is 31.7. The molecule has 4 atom stereocenters. The molecule has 8 aromatic carbocycles. The van der Waals surface area contributed by atoms with E-state index in [1.54, 1.807) is 0 Å². The third kappa shape index (κ3) is 5.21. The molecule has 0 unspecified atom stereocenters. The molecule has 0 amide bonds. The summed E-state index contributed by atoms with van der Waals surface area (Å²) in [6.45, 7) is 14.5. The van der Waals surface area contributed by atoms with Crippen LogP contribution in [0.4, 0.5) is 0 Å². The van der Waals surface area contributed by atoms with Gasteiger partial charge in [0.05, 0.1) is 0 Å². The van der Waals surface area contributed by atoms with E-state index in [4.69, 9.17) is 9.47 Å². The minimum atomic E-state index is -0.859. The van der Waals surface area contributed by atoms with Crippen LogP contribution in [-0.4, -0.2) is 22.0 Å². The summed E-state index contributed by atoms with van der Waals surface area (Å²) in [6, 6.07) is 53.6. The van der Waals surface area contributed by atoms with Crippen molar-refractivity contribution in [2.45, 2.75) is 63.5 Å². The van der Waals surface area contributed by atoms with Crippen molar-refractivity contribution in [2.75, 3.05) is 0 Å². The number of ether oxygens (including phenoxy) is 2. The van der Waals surface area contributed by atoms with Crippen LogP contribution in [-0.2, 0) is 0 Å². The number of benzene rings is 8. The molecule has 54 heavy (non-hydrogen) atoms. The van der Waals surface area contributed by atoms with Crippen LogP contribution >= 0.6 is 15.8 Å². The standard InChI is InChI=1S/C50H44O2P2/c1-49(2,3)53-45-39(43-35-21-11-7-17-31(35)29-32-18-8-12-22-36(32)43)25-15-27-41(45)51-47(53)48-52-42-28-16-26-40(46(42)54(48)50(4,5)6)44-37-23-13-9-19-33(37)30-34-20-10-14-24-38(34)44/h7-30,47-48H,1-6H3/t47-,48+,53+,54-. The second-order valence-corrected chi connectivity index (χ2v) is 22.9. The highest BCUT2D eigenvalue weighted by Gasteiger charge is 2.55. The van der Waals surface area contributed by atoms with Gasteiger partial charge in [-0.25, -0.2) is 0 Å². The largest absolute Gasteiger partial charge is 0.481 e. The Kier molecular flexibility index (Phi) is 7.76. The fourth-order valence-electron chi connectivity index (χ4n) is 9.17. The van der Waals surface area contributed by atoms with Gasteiger partial charge in [0.15, 0.2) is 11.7 Å². The molecule has 10 rings (SSSR count). The number of hydrogen-bond acceptors (Lipinski definition) is 2. The predicted molar refractivity (Wildman–Crippen MR) is 235 cm³/mol. The molecule has 0 fully saturated rings. The normalized spacial score (nSPS) is 19.6. The lowest BCUT2D eigenvalue weighted by molar-refractivity contribution is 0.171. The van der Waals surface area contributed by atoms with E-state index in [1.165, 1.54) is 76.0 Å². The molecule has 0 radical (unpaired) electrons. The van der Waals surface area contributed by atoms with Gasteiger partial charge in [-0.2, -0.15) is 0 Å². The molecular weight excluding hydrogens is 694 g/mol. The van der Waals surface area contributed by atoms with Crippen molar-refractivity contribution in [3.8, 4) is 33.8 Å². The van der Waals surface area contributed by atoms with Crippen molar-refractivity contribution in [1.82, 2.24) is 0 Å². The lowest BCUT2D eigenvalue weighted by Crippen LogP contribution is -2.38. The Bertz CT molecular complexity index is 2490. The Hall–Kier alpha value is -4.74. The zero-order valence-corrected chi connectivity index (χ0v) is 33.5. The Morgan fingerprint density at radius 3 is 1.02 bits per heavy atom. The molecule has 0 aliphatic carbocycles. The molecule has 0 saturated heterocycles. The highest BCUT2D eigenvalue weighted by atomic mass is 31.1. The van der Waals surface area contributed by atoms with Crippen molar-refractivity contribution >= 4 is 69.5 Å². The summed E-state index contributed by atoms with van der Waals surface area (Å²) in [5.41, 5.74) is 5.20. The van der Waals surface area contributed by atoms with Crippen molar-refractivity contribution in [3.63, 3.8) is 0 Å². The number of fused-ring (bicyclic) bond motifs is 6. The average molecular weight is 739 g/mol. The van der Waals surface area contributed by atoms with Crippen LogP contribution in [0.25, 0.3) is 65.3 Å². The fourth-order valence-corrected chi connectivity index (χ4v) is 16.0. The van der Waals surface area contributed by atoms with Crippen molar-refractivity contribution in [3.05, 3.63) is 146 Å². The quantitative estimate of drug-likeness (QED) is 0.133. The van der Waals surface area contributed by atoms with Crippen molar-refractivity contribution in [2.24, 2.45) is 0 Å². The molecule has 0 spiro atoms. The summed E-state index contributed by atoms with van der Waals surface area (Å²) >= 11 is 0. The topological polar surface area (TPSA) is 18.5 Å². The first-order valence-corrected chi connectivity index (χ1v) is 21.9. The molecule has 0 N–H and O–H groups in total. The molecule has 0 aromatic heterocycles. The molecule has 266 valence electrons. The summed E-state index contributed by atoms with van der Waals surface area (Å²) < 4.78 is 14.8. The van der Waals surface area contributed by atoms with Gasteiger partial charge < -0.3 is 9.47 Å². The molecule has 0 bridgehead atoms. The summed E-state index contributed by atoms with van der Waals surface area (Å²) in [4.78, 5) is 0. The Morgan fingerprint density at radius 1 is 0.389 bits per heavy atom. The molecular formula is C50H44O2P2. The lowest BCUT2D eigenvalue weighted by atomic mass is 9.92. The third-order valence-electron chi connectivity index (χ3n) is 11.3. The van der Waals surface area contributed by atoms with E-state index in [1.807, 2.05) is 0 Å². The van der Waals surface area contributed by atoms with Gasteiger partial charge in [-0.3, -0.25) is 0 Å². The van der Waals surface area contributed by atoms with Crippen LogP contribution in [0.2, 0.25) is 0 Å². The Labute approximate surface area is 320 Å².